The Bertz CT molecular complexity index is 212. The van der Waals surface area contributed by atoms with E-state index in [0.717, 1.165) is 11.8 Å². The van der Waals surface area contributed by atoms with Crippen molar-refractivity contribution in [2.75, 3.05) is 26.2 Å². The first-order chi connectivity index (χ1) is 8.40. The summed E-state index contributed by atoms with van der Waals surface area (Å²) in [5.41, 5.74) is 0.271. The molecular weight excluding hydrogens is 220 g/mol. The number of hydrogen-bond acceptors (Lipinski definition) is 2. The van der Waals surface area contributed by atoms with Crippen molar-refractivity contribution >= 4 is 0 Å². The number of piperidine rings is 1. The molecule has 0 radical (unpaired) electrons. The van der Waals surface area contributed by atoms with Crippen molar-refractivity contribution in [3.8, 4) is 0 Å². The average Bonchev–Trinajstić information content (AvgIpc) is 2.27. The predicted octanol–water partition coefficient (Wildman–Crippen LogP) is 3.52. The van der Waals surface area contributed by atoms with Crippen molar-refractivity contribution in [1.82, 2.24) is 10.2 Å². The van der Waals surface area contributed by atoms with Gasteiger partial charge in [-0.2, -0.15) is 0 Å². The van der Waals surface area contributed by atoms with Gasteiger partial charge in [-0.1, -0.05) is 20.3 Å². The molecule has 18 heavy (non-hydrogen) atoms. The fraction of sp³-hybridized carbons (Fsp3) is 1.00. The van der Waals surface area contributed by atoms with Crippen LogP contribution in [-0.4, -0.2) is 36.6 Å². The monoisotopic (exact) mass is 254 g/mol. The lowest BCUT2D eigenvalue weighted by atomic mass is 9.94. The van der Waals surface area contributed by atoms with Crippen LogP contribution in [0.15, 0.2) is 0 Å². The van der Waals surface area contributed by atoms with E-state index in [4.69, 9.17) is 0 Å². The Labute approximate surface area is 115 Å². The van der Waals surface area contributed by atoms with Crippen LogP contribution in [0.1, 0.15) is 60.3 Å². The quantitative estimate of drug-likeness (QED) is 0.780. The third-order valence-corrected chi connectivity index (χ3v) is 3.98. The lowest BCUT2D eigenvalue weighted by molar-refractivity contribution is 0.156. The highest BCUT2D eigenvalue weighted by Crippen LogP contribution is 2.19. The van der Waals surface area contributed by atoms with E-state index in [9.17, 15) is 0 Å². The van der Waals surface area contributed by atoms with Crippen LogP contribution in [0, 0.1) is 11.8 Å². The van der Waals surface area contributed by atoms with Crippen molar-refractivity contribution in [2.45, 2.75) is 65.8 Å². The van der Waals surface area contributed by atoms with E-state index < -0.39 is 0 Å². The van der Waals surface area contributed by atoms with Gasteiger partial charge >= 0.3 is 0 Å². The summed E-state index contributed by atoms with van der Waals surface area (Å²) < 4.78 is 0. The molecule has 1 heterocycles. The molecule has 0 aliphatic carbocycles. The molecule has 0 saturated carbocycles. The van der Waals surface area contributed by atoms with Crippen LogP contribution in [0.2, 0.25) is 0 Å². The fourth-order valence-electron chi connectivity index (χ4n) is 2.85. The maximum absolute atomic E-state index is 3.65. The van der Waals surface area contributed by atoms with E-state index in [0.29, 0.717) is 0 Å². The minimum atomic E-state index is 0.271. The molecule has 2 heteroatoms. The minimum Gasteiger partial charge on any atom is -0.312 e. The maximum atomic E-state index is 3.65. The first kappa shape index (κ1) is 16.0. The summed E-state index contributed by atoms with van der Waals surface area (Å²) >= 11 is 0. The van der Waals surface area contributed by atoms with E-state index in [2.05, 4.69) is 44.8 Å². The first-order valence-corrected chi connectivity index (χ1v) is 7.88. The zero-order chi connectivity index (χ0) is 13.6. The highest BCUT2D eigenvalue weighted by atomic mass is 15.1. The summed E-state index contributed by atoms with van der Waals surface area (Å²) in [7, 11) is 0. The topological polar surface area (TPSA) is 15.3 Å². The van der Waals surface area contributed by atoms with Crippen LogP contribution in [0.5, 0.6) is 0 Å². The molecular formula is C16H34N2. The number of rotatable bonds is 6. The lowest BCUT2D eigenvalue weighted by Gasteiger charge is -2.35. The van der Waals surface area contributed by atoms with Crippen LogP contribution in [0.4, 0.5) is 0 Å². The van der Waals surface area contributed by atoms with E-state index in [-0.39, 0.29) is 5.54 Å². The second kappa shape index (κ2) is 7.49. The highest BCUT2D eigenvalue weighted by molar-refractivity contribution is 4.78. The molecule has 1 rings (SSSR count). The lowest BCUT2D eigenvalue weighted by Crippen LogP contribution is -2.43. The Kier molecular flexibility index (Phi) is 6.65. The number of nitrogens with one attached hydrogen (secondary N) is 1. The molecule has 0 aromatic carbocycles. The number of nitrogens with zero attached hydrogens (tertiary/aromatic N) is 1. The molecule has 1 unspecified atom stereocenters. The van der Waals surface area contributed by atoms with Crippen LogP contribution < -0.4 is 5.32 Å². The number of hydrogen-bond donors (Lipinski definition) is 1. The normalized spacial score (nSPS) is 21.2. The SMILES string of the molecule is CCCC(C)CN1CCC(CNC(C)(C)C)CC1. The smallest absolute Gasteiger partial charge is 0.00966 e. The van der Waals surface area contributed by atoms with Crippen molar-refractivity contribution in [3.63, 3.8) is 0 Å². The molecule has 0 amide bonds. The predicted molar refractivity (Wildman–Crippen MR) is 81.0 cm³/mol. The summed E-state index contributed by atoms with van der Waals surface area (Å²) in [5, 5.41) is 3.65. The molecule has 1 atom stereocenters. The summed E-state index contributed by atoms with van der Waals surface area (Å²) in [6.45, 7) is 16.6. The molecule has 2 nitrogen and oxygen atoms in total. The second-order valence-electron chi connectivity index (χ2n) is 7.27. The average molecular weight is 254 g/mol. The summed E-state index contributed by atoms with van der Waals surface area (Å²) in [6, 6.07) is 0. The van der Waals surface area contributed by atoms with Crippen molar-refractivity contribution < 1.29 is 0 Å². The second-order valence-corrected chi connectivity index (χ2v) is 7.27. The van der Waals surface area contributed by atoms with Crippen LogP contribution >= 0.6 is 0 Å². The molecule has 0 aromatic heterocycles. The Morgan fingerprint density at radius 3 is 2.33 bits per heavy atom. The van der Waals surface area contributed by atoms with Gasteiger partial charge in [0.2, 0.25) is 0 Å². The largest absolute Gasteiger partial charge is 0.312 e. The van der Waals surface area contributed by atoms with E-state index in [1.165, 1.54) is 51.9 Å². The van der Waals surface area contributed by atoms with Gasteiger partial charge in [0.15, 0.2) is 0 Å². The standard InChI is InChI=1S/C16H34N2/c1-6-7-14(2)13-18-10-8-15(9-11-18)12-17-16(3,4)5/h14-15,17H,6-13H2,1-5H3. The van der Waals surface area contributed by atoms with Gasteiger partial charge in [0.05, 0.1) is 0 Å². The summed E-state index contributed by atoms with van der Waals surface area (Å²) in [4.78, 5) is 2.67. The molecule has 0 aromatic rings. The molecule has 1 fully saturated rings. The van der Waals surface area contributed by atoms with Gasteiger partial charge in [0.25, 0.3) is 0 Å². The summed E-state index contributed by atoms with van der Waals surface area (Å²) in [6.07, 6.45) is 5.46. The Morgan fingerprint density at radius 1 is 1.22 bits per heavy atom. The van der Waals surface area contributed by atoms with E-state index in [1.807, 2.05) is 0 Å². The molecule has 1 N–H and O–H groups in total. The van der Waals surface area contributed by atoms with Crippen LogP contribution in [-0.2, 0) is 0 Å². The van der Waals surface area contributed by atoms with E-state index >= 15 is 0 Å². The molecule has 0 bridgehead atoms. The van der Waals surface area contributed by atoms with Gasteiger partial charge in [0, 0.05) is 12.1 Å². The van der Waals surface area contributed by atoms with Crippen molar-refractivity contribution in [1.29, 1.82) is 0 Å². The third kappa shape index (κ3) is 6.75. The number of likely N-dealkylation sites (tertiary alicyclic amines) is 1. The Hall–Kier alpha value is -0.0800. The van der Waals surface area contributed by atoms with Gasteiger partial charge in [-0.25, -0.2) is 0 Å². The van der Waals surface area contributed by atoms with Gasteiger partial charge < -0.3 is 10.2 Å². The van der Waals surface area contributed by atoms with Crippen LogP contribution in [0.25, 0.3) is 0 Å². The molecule has 1 saturated heterocycles. The minimum absolute atomic E-state index is 0.271. The Morgan fingerprint density at radius 2 is 1.83 bits per heavy atom. The van der Waals surface area contributed by atoms with Gasteiger partial charge in [-0.3, -0.25) is 0 Å². The van der Waals surface area contributed by atoms with Gasteiger partial charge in [0.1, 0.15) is 0 Å². The van der Waals surface area contributed by atoms with Gasteiger partial charge in [-0.05, 0) is 71.5 Å². The summed E-state index contributed by atoms with van der Waals surface area (Å²) in [5.74, 6) is 1.77. The highest BCUT2D eigenvalue weighted by Gasteiger charge is 2.21. The van der Waals surface area contributed by atoms with Gasteiger partial charge in [-0.15, -0.1) is 0 Å². The third-order valence-electron chi connectivity index (χ3n) is 3.98. The van der Waals surface area contributed by atoms with E-state index in [1.54, 1.807) is 0 Å². The molecule has 0 spiro atoms. The van der Waals surface area contributed by atoms with Crippen molar-refractivity contribution in [3.05, 3.63) is 0 Å². The zero-order valence-corrected chi connectivity index (χ0v) is 13.3. The Balaban J connectivity index is 2.16. The first-order valence-electron chi connectivity index (χ1n) is 7.88. The molecule has 1 aliphatic rings. The molecule has 108 valence electrons. The van der Waals surface area contributed by atoms with Crippen LogP contribution in [0.3, 0.4) is 0 Å². The zero-order valence-electron chi connectivity index (χ0n) is 13.3. The molecule has 1 aliphatic heterocycles. The fourth-order valence-corrected chi connectivity index (χ4v) is 2.85. The maximum Gasteiger partial charge on any atom is 0.00966 e. The van der Waals surface area contributed by atoms with Crippen molar-refractivity contribution in [2.24, 2.45) is 11.8 Å².